The first-order chi connectivity index (χ1) is 12.1. The molecule has 2 heterocycles. The zero-order valence-corrected chi connectivity index (χ0v) is 15.0. The molecule has 1 spiro atoms. The minimum absolute atomic E-state index is 0.00666. The van der Waals surface area contributed by atoms with Gasteiger partial charge in [0.05, 0.1) is 13.0 Å². The average Bonchev–Trinajstić information content (AvgIpc) is 2.97. The van der Waals surface area contributed by atoms with Crippen LogP contribution in [0, 0.1) is 0 Å². The summed E-state index contributed by atoms with van der Waals surface area (Å²) < 4.78 is 4.67. The molecule has 2 fully saturated rings. The molecule has 136 valence electrons. The van der Waals surface area contributed by atoms with Gasteiger partial charge in [-0.1, -0.05) is 30.3 Å². The van der Waals surface area contributed by atoms with Crippen LogP contribution in [0.4, 0.5) is 0 Å². The van der Waals surface area contributed by atoms with Gasteiger partial charge in [-0.05, 0) is 44.2 Å². The molecule has 2 aliphatic rings. The number of piperidine rings is 1. The molecule has 5 nitrogen and oxygen atoms in total. The van der Waals surface area contributed by atoms with Crippen LogP contribution in [0.2, 0.25) is 0 Å². The Balaban J connectivity index is 1.46. The highest BCUT2D eigenvalue weighted by Gasteiger charge is 2.45. The summed E-state index contributed by atoms with van der Waals surface area (Å²) in [6, 6.07) is 10.1. The minimum Gasteiger partial charge on any atom is -0.469 e. The summed E-state index contributed by atoms with van der Waals surface area (Å²) in [6.07, 6.45) is 5.33. The van der Waals surface area contributed by atoms with Gasteiger partial charge in [0.2, 0.25) is 5.91 Å². The molecular formula is C20H28N2O3. The summed E-state index contributed by atoms with van der Waals surface area (Å²) in [5, 5.41) is 3.30. The van der Waals surface area contributed by atoms with Crippen molar-refractivity contribution in [2.45, 2.75) is 50.0 Å². The first-order valence-corrected chi connectivity index (χ1v) is 9.28. The number of unbranched alkanes of at least 4 members (excludes halogenated alkanes) is 1. The van der Waals surface area contributed by atoms with Gasteiger partial charge < -0.3 is 15.0 Å². The van der Waals surface area contributed by atoms with E-state index in [-0.39, 0.29) is 23.3 Å². The zero-order valence-electron chi connectivity index (χ0n) is 15.0. The van der Waals surface area contributed by atoms with Crippen LogP contribution in [0.5, 0.6) is 0 Å². The van der Waals surface area contributed by atoms with Crippen LogP contribution in [0.15, 0.2) is 30.3 Å². The number of amides is 1. The lowest BCUT2D eigenvalue weighted by Gasteiger charge is -2.39. The van der Waals surface area contributed by atoms with Crippen molar-refractivity contribution in [1.29, 1.82) is 0 Å². The summed E-state index contributed by atoms with van der Waals surface area (Å²) in [6.45, 7) is 3.04. The van der Waals surface area contributed by atoms with E-state index in [1.165, 1.54) is 7.11 Å². The third kappa shape index (κ3) is 4.40. The van der Waals surface area contributed by atoms with Gasteiger partial charge in [-0.3, -0.25) is 9.59 Å². The van der Waals surface area contributed by atoms with Gasteiger partial charge in [0.25, 0.3) is 0 Å². The lowest BCUT2D eigenvalue weighted by Crippen LogP contribution is -2.51. The van der Waals surface area contributed by atoms with Gasteiger partial charge in [-0.25, -0.2) is 0 Å². The molecule has 2 saturated heterocycles. The first-order valence-electron chi connectivity index (χ1n) is 9.28. The van der Waals surface area contributed by atoms with E-state index < -0.39 is 0 Å². The Morgan fingerprint density at radius 2 is 1.96 bits per heavy atom. The van der Waals surface area contributed by atoms with E-state index in [9.17, 15) is 9.59 Å². The average molecular weight is 344 g/mol. The highest BCUT2D eigenvalue weighted by atomic mass is 16.5. The monoisotopic (exact) mass is 344 g/mol. The van der Waals surface area contributed by atoms with Gasteiger partial charge in [0, 0.05) is 25.0 Å². The predicted molar refractivity (Wildman–Crippen MR) is 96.2 cm³/mol. The van der Waals surface area contributed by atoms with Gasteiger partial charge >= 0.3 is 5.97 Å². The van der Waals surface area contributed by atoms with E-state index in [0.29, 0.717) is 6.42 Å². The lowest BCUT2D eigenvalue weighted by molar-refractivity contribution is -0.140. The van der Waals surface area contributed by atoms with Gasteiger partial charge in [-0.15, -0.1) is 0 Å². The number of nitrogens with zero attached hydrogens (tertiary/aromatic N) is 1. The normalized spacial score (nSPS) is 22.8. The fourth-order valence-electron chi connectivity index (χ4n) is 4.08. The highest BCUT2D eigenvalue weighted by Crippen LogP contribution is 2.39. The second-order valence-corrected chi connectivity index (χ2v) is 7.31. The Morgan fingerprint density at radius 1 is 1.24 bits per heavy atom. The van der Waals surface area contributed by atoms with Crippen molar-refractivity contribution in [2.24, 2.45) is 0 Å². The molecule has 0 aliphatic carbocycles. The first kappa shape index (κ1) is 17.9. The van der Waals surface area contributed by atoms with Crippen molar-refractivity contribution in [3.8, 4) is 0 Å². The van der Waals surface area contributed by atoms with E-state index in [1.807, 2.05) is 18.2 Å². The maximum atomic E-state index is 12.5. The third-order valence-corrected chi connectivity index (χ3v) is 5.65. The summed E-state index contributed by atoms with van der Waals surface area (Å²) in [7, 11) is 1.44. The van der Waals surface area contributed by atoms with Crippen molar-refractivity contribution in [2.75, 3.05) is 26.7 Å². The molecule has 5 heteroatoms. The molecule has 1 N–H and O–H groups in total. The Bertz CT molecular complexity index is 594. The number of likely N-dealkylation sites (tertiary alicyclic amines) is 1. The minimum atomic E-state index is -0.127. The predicted octanol–water partition coefficient (Wildman–Crippen LogP) is 2.47. The number of rotatable bonds is 6. The summed E-state index contributed by atoms with van der Waals surface area (Å²) in [4.78, 5) is 26.0. The zero-order chi connectivity index (χ0) is 17.7. The number of methoxy groups -OCH3 is 1. The second-order valence-electron chi connectivity index (χ2n) is 7.31. The van der Waals surface area contributed by atoms with Crippen molar-refractivity contribution in [1.82, 2.24) is 10.2 Å². The summed E-state index contributed by atoms with van der Waals surface area (Å²) in [5.41, 5.74) is 1.10. The van der Waals surface area contributed by atoms with Gasteiger partial charge in [-0.2, -0.15) is 0 Å². The number of carbonyl (C=O) groups is 2. The number of benzene rings is 1. The summed E-state index contributed by atoms with van der Waals surface area (Å²) in [5.74, 6) is 0.0451. The Hall–Kier alpha value is -1.88. The molecule has 25 heavy (non-hydrogen) atoms. The van der Waals surface area contributed by atoms with Crippen molar-refractivity contribution < 1.29 is 14.3 Å². The second kappa shape index (κ2) is 8.00. The maximum Gasteiger partial charge on any atom is 0.305 e. The number of carbonyl (C=O) groups excluding carboxylic acids is 2. The molecule has 1 atom stereocenters. The Morgan fingerprint density at radius 3 is 2.64 bits per heavy atom. The van der Waals surface area contributed by atoms with Gasteiger partial charge in [0.15, 0.2) is 0 Å². The quantitative estimate of drug-likeness (QED) is 0.636. The lowest BCUT2D eigenvalue weighted by atomic mass is 9.82. The maximum absolute atomic E-state index is 12.5. The molecule has 1 aromatic carbocycles. The van der Waals surface area contributed by atoms with Crippen molar-refractivity contribution in [3.05, 3.63) is 35.9 Å². The standard InChI is InChI=1S/C20H28N2O3/c1-25-18(23)9-5-6-12-22-13-10-20(11-14-22)15-17(19(24)21-20)16-7-3-2-4-8-16/h2-4,7-8,17H,5-6,9-15H2,1H3,(H,21,24)/t17-/m1/s1. The molecule has 3 rings (SSSR count). The highest BCUT2D eigenvalue weighted by molar-refractivity contribution is 5.87. The molecule has 0 radical (unpaired) electrons. The Kier molecular flexibility index (Phi) is 5.74. The number of hydrogen-bond acceptors (Lipinski definition) is 4. The van der Waals surface area contributed by atoms with E-state index in [1.54, 1.807) is 0 Å². The van der Waals surface area contributed by atoms with Gasteiger partial charge in [0.1, 0.15) is 0 Å². The number of ether oxygens (including phenoxy) is 1. The van der Waals surface area contributed by atoms with E-state index in [2.05, 4.69) is 27.1 Å². The van der Waals surface area contributed by atoms with Crippen molar-refractivity contribution >= 4 is 11.9 Å². The number of nitrogens with one attached hydrogen (secondary N) is 1. The van der Waals surface area contributed by atoms with Crippen molar-refractivity contribution in [3.63, 3.8) is 0 Å². The fourth-order valence-corrected chi connectivity index (χ4v) is 4.08. The molecule has 0 saturated carbocycles. The number of hydrogen-bond donors (Lipinski definition) is 1. The molecule has 1 aromatic rings. The largest absolute Gasteiger partial charge is 0.469 e. The van der Waals surface area contributed by atoms with Crippen LogP contribution in [0.25, 0.3) is 0 Å². The summed E-state index contributed by atoms with van der Waals surface area (Å²) >= 11 is 0. The third-order valence-electron chi connectivity index (χ3n) is 5.65. The van der Waals surface area contributed by atoms with Crippen LogP contribution >= 0.6 is 0 Å². The molecule has 1 amide bonds. The van der Waals surface area contributed by atoms with Crippen LogP contribution in [0.1, 0.15) is 50.0 Å². The van der Waals surface area contributed by atoms with E-state index >= 15 is 0 Å². The van der Waals surface area contributed by atoms with Crippen LogP contribution in [0.3, 0.4) is 0 Å². The Labute approximate surface area is 149 Å². The van der Waals surface area contributed by atoms with E-state index in [4.69, 9.17) is 0 Å². The van der Waals surface area contributed by atoms with E-state index in [0.717, 1.165) is 57.3 Å². The topological polar surface area (TPSA) is 58.6 Å². The fraction of sp³-hybridized carbons (Fsp3) is 0.600. The van der Waals surface area contributed by atoms with Crippen LogP contribution in [-0.4, -0.2) is 49.1 Å². The SMILES string of the molecule is COC(=O)CCCCN1CCC2(CC1)C[C@H](c1ccccc1)C(=O)N2. The molecule has 0 bridgehead atoms. The smallest absolute Gasteiger partial charge is 0.305 e. The molecular weight excluding hydrogens is 316 g/mol. The molecule has 0 aromatic heterocycles. The van der Waals surface area contributed by atoms with Crippen LogP contribution in [-0.2, 0) is 14.3 Å². The van der Waals surface area contributed by atoms with Crippen LogP contribution < -0.4 is 5.32 Å². The number of esters is 1. The molecule has 2 aliphatic heterocycles. The molecule has 0 unspecified atom stereocenters.